The van der Waals surface area contributed by atoms with E-state index < -0.39 is 0 Å². The highest BCUT2D eigenvalue weighted by Gasteiger charge is 2.39. The molecule has 2 aliphatic rings. The Balaban J connectivity index is 1.47. The zero-order valence-electron chi connectivity index (χ0n) is 11.8. The molecule has 1 nitrogen and oxygen atoms in total. The number of nitrogens with one attached hydrogen (secondary N) is 1. The Morgan fingerprint density at radius 3 is 2.60 bits per heavy atom. The third kappa shape index (κ3) is 2.27. The lowest BCUT2D eigenvalue weighted by Crippen LogP contribution is -2.27. The first-order valence-electron chi connectivity index (χ1n) is 7.80. The summed E-state index contributed by atoms with van der Waals surface area (Å²) in [4.78, 5) is 0. The molecule has 0 heterocycles. The molecule has 2 aromatic rings. The molecule has 3 unspecified atom stereocenters. The van der Waals surface area contributed by atoms with E-state index in [0.29, 0.717) is 12.1 Å². The fourth-order valence-corrected chi connectivity index (χ4v) is 3.63. The highest BCUT2D eigenvalue weighted by molar-refractivity contribution is 5.34. The van der Waals surface area contributed by atoms with Gasteiger partial charge in [-0.3, -0.25) is 0 Å². The molecule has 1 saturated carbocycles. The second kappa shape index (κ2) is 5.06. The molecule has 0 radical (unpaired) electrons. The highest BCUT2D eigenvalue weighted by Crippen LogP contribution is 2.43. The van der Waals surface area contributed by atoms with Gasteiger partial charge in [0, 0.05) is 18.0 Å². The maximum Gasteiger partial charge on any atom is 0.0325 e. The van der Waals surface area contributed by atoms with Gasteiger partial charge in [0.15, 0.2) is 0 Å². The van der Waals surface area contributed by atoms with Crippen molar-refractivity contribution < 1.29 is 0 Å². The van der Waals surface area contributed by atoms with Gasteiger partial charge in [-0.1, -0.05) is 54.6 Å². The first-order valence-corrected chi connectivity index (χ1v) is 7.80. The molecule has 102 valence electrons. The molecule has 0 spiro atoms. The first-order chi connectivity index (χ1) is 9.92. The van der Waals surface area contributed by atoms with Crippen molar-refractivity contribution in [1.29, 1.82) is 0 Å². The van der Waals surface area contributed by atoms with Gasteiger partial charge in [-0.05, 0) is 42.4 Å². The summed E-state index contributed by atoms with van der Waals surface area (Å²) in [5.41, 5.74) is 4.58. The molecule has 2 aromatic carbocycles. The predicted octanol–water partition coefficient (Wildman–Crippen LogP) is 4.21. The van der Waals surface area contributed by atoms with Crippen LogP contribution in [0, 0.1) is 0 Å². The molecule has 0 bridgehead atoms. The van der Waals surface area contributed by atoms with Crippen LogP contribution in [0.2, 0.25) is 0 Å². The van der Waals surface area contributed by atoms with Gasteiger partial charge >= 0.3 is 0 Å². The molecule has 1 N–H and O–H groups in total. The number of hydrogen-bond donors (Lipinski definition) is 1. The van der Waals surface area contributed by atoms with Gasteiger partial charge < -0.3 is 5.32 Å². The number of aryl methyl sites for hydroxylation is 1. The molecule has 1 fully saturated rings. The monoisotopic (exact) mass is 263 g/mol. The molecular formula is C19H21N. The summed E-state index contributed by atoms with van der Waals surface area (Å²) < 4.78 is 0. The van der Waals surface area contributed by atoms with Crippen molar-refractivity contribution in [1.82, 2.24) is 5.32 Å². The molecule has 0 aromatic heterocycles. The third-order valence-electron chi connectivity index (χ3n) is 4.80. The number of hydrogen-bond acceptors (Lipinski definition) is 1. The summed E-state index contributed by atoms with van der Waals surface area (Å²) >= 11 is 0. The maximum absolute atomic E-state index is 3.90. The molecule has 4 rings (SSSR count). The zero-order valence-corrected chi connectivity index (χ0v) is 11.8. The Labute approximate surface area is 121 Å². The second-order valence-corrected chi connectivity index (χ2v) is 6.17. The smallest absolute Gasteiger partial charge is 0.0325 e. The SMILES string of the molecule is c1ccc(C2CC2NC2CCCc3ccccc32)cc1. The quantitative estimate of drug-likeness (QED) is 0.874. The van der Waals surface area contributed by atoms with E-state index in [9.17, 15) is 0 Å². The van der Waals surface area contributed by atoms with E-state index in [2.05, 4.69) is 59.9 Å². The van der Waals surface area contributed by atoms with Crippen LogP contribution >= 0.6 is 0 Å². The average molecular weight is 263 g/mol. The first kappa shape index (κ1) is 12.2. The molecule has 1 heteroatoms. The van der Waals surface area contributed by atoms with Gasteiger partial charge in [0.05, 0.1) is 0 Å². The van der Waals surface area contributed by atoms with Crippen LogP contribution in [-0.2, 0) is 6.42 Å². The van der Waals surface area contributed by atoms with E-state index in [0.717, 1.165) is 5.92 Å². The lowest BCUT2D eigenvalue weighted by Gasteiger charge is -2.26. The average Bonchev–Trinajstić information content (AvgIpc) is 3.28. The minimum absolute atomic E-state index is 0.568. The second-order valence-electron chi connectivity index (χ2n) is 6.17. The van der Waals surface area contributed by atoms with Crippen molar-refractivity contribution >= 4 is 0 Å². The molecule has 20 heavy (non-hydrogen) atoms. The Hall–Kier alpha value is -1.60. The van der Waals surface area contributed by atoms with E-state index in [4.69, 9.17) is 0 Å². The van der Waals surface area contributed by atoms with E-state index in [1.165, 1.54) is 36.8 Å². The molecular weight excluding hydrogens is 242 g/mol. The third-order valence-corrected chi connectivity index (χ3v) is 4.80. The van der Waals surface area contributed by atoms with E-state index in [1.807, 2.05) is 0 Å². The number of rotatable bonds is 3. The van der Waals surface area contributed by atoms with Crippen molar-refractivity contribution in [2.75, 3.05) is 0 Å². The van der Waals surface area contributed by atoms with Crippen LogP contribution in [0.1, 0.15) is 47.9 Å². The van der Waals surface area contributed by atoms with Crippen molar-refractivity contribution in [2.24, 2.45) is 0 Å². The summed E-state index contributed by atoms with van der Waals surface area (Å²) in [6, 6.07) is 21.1. The lowest BCUT2D eigenvalue weighted by molar-refractivity contribution is 0.453. The molecule has 0 amide bonds. The van der Waals surface area contributed by atoms with Crippen LogP contribution in [0.3, 0.4) is 0 Å². The Morgan fingerprint density at radius 1 is 0.900 bits per heavy atom. The number of fused-ring (bicyclic) bond motifs is 1. The van der Waals surface area contributed by atoms with Crippen LogP contribution in [0.15, 0.2) is 54.6 Å². The van der Waals surface area contributed by atoms with Crippen LogP contribution in [0.5, 0.6) is 0 Å². The summed E-state index contributed by atoms with van der Waals surface area (Å²) in [6.45, 7) is 0. The highest BCUT2D eigenvalue weighted by atomic mass is 15.0. The van der Waals surface area contributed by atoms with Gasteiger partial charge in [0.25, 0.3) is 0 Å². The minimum atomic E-state index is 0.568. The van der Waals surface area contributed by atoms with Gasteiger partial charge in [-0.25, -0.2) is 0 Å². The van der Waals surface area contributed by atoms with E-state index in [1.54, 1.807) is 5.56 Å². The largest absolute Gasteiger partial charge is 0.307 e. The van der Waals surface area contributed by atoms with Crippen LogP contribution in [0.4, 0.5) is 0 Å². The maximum atomic E-state index is 3.90. The lowest BCUT2D eigenvalue weighted by atomic mass is 9.87. The molecule has 3 atom stereocenters. The van der Waals surface area contributed by atoms with Crippen LogP contribution in [-0.4, -0.2) is 6.04 Å². The zero-order chi connectivity index (χ0) is 13.4. The Bertz CT molecular complexity index is 590. The van der Waals surface area contributed by atoms with Gasteiger partial charge in [0.2, 0.25) is 0 Å². The van der Waals surface area contributed by atoms with Crippen molar-refractivity contribution in [2.45, 2.75) is 43.7 Å². The van der Waals surface area contributed by atoms with E-state index in [-0.39, 0.29) is 0 Å². The fraction of sp³-hybridized carbons (Fsp3) is 0.368. The summed E-state index contributed by atoms with van der Waals surface area (Å²) in [5, 5.41) is 3.90. The van der Waals surface area contributed by atoms with Crippen LogP contribution < -0.4 is 5.32 Å². The summed E-state index contributed by atoms with van der Waals surface area (Å²) in [7, 11) is 0. The van der Waals surface area contributed by atoms with Crippen molar-refractivity contribution in [3.05, 3.63) is 71.3 Å². The van der Waals surface area contributed by atoms with Gasteiger partial charge in [-0.15, -0.1) is 0 Å². The predicted molar refractivity (Wildman–Crippen MR) is 82.8 cm³/mol. The number of benzene rings is 2. The summed E-state index contributed by atoms with van der Waals surface area (Å²) in [5.74, 6) is 0.727. The van der Waals surface area contributed by atoms with Crippen molar-refractivity contribution in [3.8, 4) is 0 Å². The van der Waals surface area contributed by atoms with Gasteiger partial charge in [0.1, 0.15) is 0 Å². The molecule has 2 aliphatic carbocycles. The van der Waals surface area contributed by atoms with Crippen LogP contribution in [0.25, 0.3) is 0 Å². The van der Waals surface area contributed by atoms with Crippen molar-refractivity contribution in [3.63, 3.8) is 0 Å². The minimum Gasteiger partial charge on any atom is -0.307 e. The Kier molecular flexibility index (Phi) is 3.08. The normalized spacial score (nSPS) is 27.9. The Morgan fingerprint density at radius 2 is 1.70 bits per heavy atom. The molecule has 0 aliphatic heterocycles. The fourth-order valence-electron chi connectivity index (χ4n) is 3.63. The summed E-state index contributed by atoms with van der Waals surface area (Å²) in [6.07, 6.45) is 5.15. The molecule has 0 saturated heterocycles. The topological polar surface area (TPSA) is 12.0 Å². The van der Waals surface area contributed by atoms with E-state index >= 15 is 0 Å². The standard InChI is InChI=1S/C19H21N/c1-2-7-15(8-3-1)17-13-19(17)20-18-12-6-10-14-9-4-5-11-16(14)18/h1-5,7-9,11,17-20H,6,10,12-13H2. The van der Waals surface area contributed by atoms with Gasteiger partial charge in [-0.2, -0.15) is 0 Å².